The van der Waals surface area contributed by atoms with Gasteiger partial charge >= 0.3 is 0 Å². The molecular formula is C14H20ClN3. The Morgan fingerprint density at radius 2 is 2.11 bits per heavy atom. The SMILES string of the molecule is CCn1c(CCC(C)(C)N)nc2ccc(Cl)cc21. The highest BCUT2D eigenvalue weighted by molar-refractivity contribution is 6.31. The summed E-state index contributed by atoms with van der Waals surface area (Å²) in [5.41, 5.74) is 7.99. The molecule has 0 bridgehead atoms. The predicted molar refractivity (Wildman–Crippen MR) is 77.0 cm³/mol. The van der Waals surface area contributed by atoms with Gasteiger partial charge in [-0.3, -0.25) is 0 Å². The molecule has 4 heteroatoms. The van der Waals surface area contributed by atoms with Crippen molar-refractivity contribution < 1.29 is 0 Å². The first-order chi connectivity index (χ1) is 8.40. The fourth-order valence-electron chi connectivity index (χ4n) is 2.12. The molecule has 0 aliphatic carbocycles. The van der Waals surface area contributed by atoms with E-state index in [-0.39, 0.29) is 5.54 Å². The van der Waals surface area contributed by atoms with E-state index in [4.69, 9.17) is 17.3 Å². The summed E-state index contributed by atoms with van der Waals surface area (Å²) in [6.45, 7) is 7.11. The highest BCUT2D eigenvalue weighted by atomic mass is 35.5. The maximum Gasteiger partial charge on any atom is 0.109 e. The zero-order chi connectivity index (χ0) is 13.3. The number of rotatable bonds is 4. The fraction of sp³-hybridized carbons (Fsp3) is 0.500. The largest absolute Gasteiger partial charge is 0.328 e. The van der Waals surface area contributed by atoms with Gasteiger partial charge in [-0.25, -0.2) is 4.98 Å². The molecule has 0 aliphatic rings. The maximum absolute atomic E-state index is 6.05. The van der Waals surface area contributed by atoms with Crippen molar-refractivity contribution >= 4 is 22.6 Å². The van der Waals surface area contributed by atoms with Gasteiger partial charge in [0.15, 0.2) is 0 Å². The number of nitrogens with two attached hydrogens (primary N) is 1. The Morgan fingerprint density at radius 3 is 2.72 bits per heavy atom. The van der Waals surface area contributed by atoms with Gasteiger partial charge < -0.3 is 10.3 Å². The molecule has 1 aromatic heterocycles. The third-order valence-electron chi connectivity index (χ3n) is 3.10. The highest BCUT2D eigenvalue weighted by Gasteiger charge is 2.15. The second-order valence-corrected chi connectivity index (χ2v) is 5.83. The molecule has 1 aromatic carbocycles. The van der Waals surface area contributed by atoms with Crippen LogP contribution in [-0.2, 0) is 13.0 Å². The van der Waals surface area contributed by atoms with Crippen LogP contribution in [0.3, 0.4) is 0 Å². The quantitative estimate of drug-likeness (QED) is 0.921. The number of aromatic nitrogens is 2. The summed E-state index contributed by atoms with van der Waals surface area (Å²) in [6.07, 6.45) is 1.81. The summed E-state index contributed by atoms with van der Waals surface area (Å²) in [6, 6.07) is 5.83. The Hall–Kier alpha value is -1.06. The first-order valence-corrected chi connectivity index (χ1v) is 6.72. The lowest BCUT2D eigenvalue weighted by Gasteiger charge is -2.18. The van der Waals surface area contributed by atoms with Gasteiger partial charge in [-0.15, -0.1) is 0 Å². The van der Waals surface area contributed by atoms with Crippen molar-refractivity contribution in [1.82, 2.24) is 9.55 Å². The fourth-order valence-corrected chi connectivity index (χ4v) is 2.29. The van der Waals surface area contributed by atoms with Crippen LogP contribution in [0.2, 0.25) is 5.02 Å². The van der Waals surface area contributed by atoms with Crippen molar-refractivity contribution in [3.8, 4) is 0 Å². The molecule has 0 aliphatic heterocycles. The number of hydrogen-bond donors (Lipinski definition) is 1. The van der Waals surface area contributed by atoms with Crippen LogP contribution in [0.15, 0.2) is 18.2 Å². The average Bonchev–Trinajstić information content (AvgIpc) is 2.62. The third kappa shape index (κ3) is 2.85. The molecule has 3 nitrogen and oxygen atoms in total. The molecule has 98 valence electrons. The summed E-state index contributed by atoms with van der Waals surface area (Å²) in [5, 5.41) is 0.753. The Morgan fingerprint density at radius 1 is 1.39 bits per heavy atom. The van der Waals surface area contributed by atoms with Gasteiger partial charge in [0, 0.05) is 23.5 Å². The first-order valence-electron chi connectivity index (χ1n) is 6.34. The topological polar surface area (TPSA) is 43.8 Å². The van der Waals surface area contributed by atoms with E-state index >= 15 is 0 Å². The molecular weight excluding hydrogens is 246 g/mol. The smallest absolute Gasteiger partial charge is 0.109 e. The predicted octanol–water partition coefficient (Wildman–Crippen LogP) is 3.38. The Balaban J connectivity index is 2.38. The second kappa shape index (κ2) is 4.90. The van der Waals surface area contributed by atoms with Gasteiger partial charge in [0.2, 0.25) is 0 Å². The molecule has 0 spiro atoms. The molecule has 0 saturated carbocycles. The molecule has 2 N–H and O–H groups in total. The van der Waals surface area contributed by atoms with Crippen LogP contribution in [0.4, 0.5) is 0 Å². The lowest BCUT2D eigenvalue weighted by atomic mass is 10.00. The molecule has 0 radical (unpaired) electrons. The number of aryl methyl sites for hydroxylation is 2. The molecule has 1 heterocycles. The lowest BCUT2D eigenvalue weighted by molar-refractivity contribution is 0.466. The molecule has 0 unspecified atom stereocenters. The summed E-state index contributed by atoms with van der Waals surface area (Å²) in [4.78, 5) is 4.68. The summed E-state index contributed by atoms with van der Waals surface area (Å²) in [7, 11) is 0. The van der Waals surface area contributed by atoms with Crippen molar-refractivity contribution in [2.75, 3.05) is 0 Å². The van der Waals surface area contributed by atoms with Crippen LogP contribution in [0.25, 0.3) is 11.0 Å². The summed E-state index contributed by atoms with van der Waals surface area (Å²) >= 11 is 6.05. The zero-order valence-electron chi connectivity index (χ0n) is 11.2. The molecule has 0 atom stereocenters. The van der Waals surface area contributed by atoms with Crippen molar-refractivity contribution in [2.45, 2.75) is 45.7 Å². The van der Waals surface area contributed by atoms with Crippen molar-refractivity contribution in [3.05, 3.63) is 29.0 Å². The number of halogens is 1. The van der Waals surface area contributed by atoms with Crippen molar-refractivity contribution in [3.63, 3.8) is 0 Å². The van der Waals surface area contributed by atoms with E-state index in [1.54, 1.807) is 0 Å². The monoisotopic (exact) mass is 265 g/mol. The van der Waals surface area contributed by atoms with Gasteiger partial charge in [-0.2, -0.15) is 0 Å². The Bertz CT molecular complexity index is 552. The van der Waals surface area contributed by atoms with Crippen LogP contribution in [0.1, 0.15) is 33.0 Å². The molecule has 0 amide bonds. The molecule has 0 fully saturated rings. The average molecular weight is 266 g/mol. The van der Waals surface area contributed by atoms with E-state index in [0.717, 1.165) is 41.3 Å². The van der Waals surface area contributed by atoms with Gasteiger partial charge in [-0.1, -0.05) is 11.6 Å². The first kappa shape index (κ1) is 13.4. The number of imidazole rings is 1. The standard InChI is InChI=1S/C14H20ClN3/c1-4-18-12-9-10(15)5-6-11(12)17-13(18)7-8-14(2,3)16/h5-6,9H,4,7-8,16H2,1-3H3. The van der Waals surface area contributed by atoms with Crippen LogP contribution < -0.4 is 5.73 Å². The van der Waals surface area contributed by atoms with Crippen molar-refractivity contribution in [1.29, 1.82) is 0 Å². The summed E-state index contributed by atoms with van der Waals surface area (Å²) in [5.74, 6) is 1.09. The normalized spacial score (nSPS) is 12.3. The summed E-state index contributed by atoms with van der Waals surface area (Å²) < 4.78 is 2.22. The minimum atomic E-state index is -0.158. The van der Waals surface area contributed by atoms with Crippen LogP contribution >= 0.6 is 11.6 Å². The Labute approximate surface area is 113 Å². The van der Waals surface area contributed by atoms with Crippen LogP contribution in [0, 0.1) is 0 Å². The van der Waals surface area contributed by atoms with E-state index in [1.165, 1.54) is 0 Å². The molecule has 2 rings (SSSR count). The molecule has 0 saturated heterocycles. The highest BCUT2D eigenvalue weighted by Crippen LogP contribution is 2.22. The number of benzene rings is 1. The van der Waals surface area contributed by atoms with Crippen LogP contribution in [-0.4, -0.2) is 15.1 Å². The second-order valence-electron chi connectivity index (χ2n) is 5.39. The molecule has 2 aromatic rings. The number of fused-ring (bicyclic) bond motifs is 1. The van der Waals surface area contributed by atoms with E-state index in [1.807, 2.05) is 32.0 Å². The van der Waals surface area contributed by atoms with E-state index in [2.05, 4.69) is 16.5 Å². The van der Waals surface area contributed by atoms with Crippen LogP contribution in [0.5, 0.6) is 0 Å². The zero-order valence-corrected chi connectivity index (χ0v) is 12.0. The van der Waals surface area contributed by atoms with Gasteiger partial charge in [0.25, 0.3) is 0 Å². The van der Waals surface area contributed by atoms with Gasteiger partial charge in [-0.05, 0) is 45.4 Å². The minimum absolute atomic E-state index is 0.158. The van der Waals surface area contributed by atoms with E-state index < -0.39 is 0 Å². The van der Waals surface area contributed by atoms with E-state index in [9.17, 15) is 0 Å². The molecule has 18 heavy (non-hydrogen) atoms. The Kier molecular flexibility index (Phi) is 3.64. The van der Waals surface area contributed by atoms with Gasteiger partial charge in [0.1, 0.15) is 5.82 Å². The van der Waals surface area contributed by atoms with Gasteiger partial charge in [0.05, 0.1) is 11.0 Å². The maximum atomic E-state index is 6.05. The third-order valence-corrected chi connectivity index (χ3v) is 3.33. The minimum Gasteiger partial charge on any atom is -0.328 e. The number of hydrogen-bond acceptors (Lipinski definition) is 2. The van der Waals surface area contributed by atoms with E-state index in [0.29, 0.717) is 0 Å². The number of nitrogens with zero attached hydrogens (tertiary/aromatic N) is 2. The lowest BCUT2D eigenvalue weighted by Crippen LogP contribution is -2.32. The van der Waals surface area contributed by atoms with Crippen molar-refractivity contribution in [2.24, 2.45) is 5.73 Å².